The van der Waals surface area contributed by atoms with Gasteiger partial charge in [-0.05, 0) is 11.6 Å². The summed E-state index contributed by atoms with van der Waals surface area (Å²) in [7, 11) is 3.26. The van der Waals surface area contributed by atoms with Crippen molar-refractivity contribution in [2.24, 2.45) is 0 Å². The Labute approximate surface area is 355 Å². The maximum Gasteiger partial charge on any atom is 0.345 e. The zero-order valence-corrected chi connectivity index (χ0v) is 35.8. The Balaban J connectivity index is 2.10. The van der Waals surface area contributed by atoms with E-state index in [0.717, 1.165) is 5.56 Å². The summed E-state index contributed by atoms with van der Waals surface area (Å²) >= 11 is 0. The van der Waals surface area contributed by atoms with Crippen LogP contribution in [0.2, 0.25) is 0 Å². The summed E-state index contributed by atoms with van der Waals surface area (Å²) in [5, 5.41) is 0. The monoisotopic (exact) mass is 862 g/mol. The van der Waals surface area contributed by atoms with E-state index in [-0.39, 0.29) is 32.0 Å². The predicted molar refractivity (Wildman–Crippen MR) is 219 cm³/mol. The van der Waals surface area contributed by atoms with Crippen molar-refractivity contribution in [3.05, 3.63) is 53.6 Å². The number of esters is 2. The smallest absolute Gasteiger partial charge is 0.345 e. The first-order chi connectivity index (χ1) is 29.7. The van der Waals surface area contributed by atoms with Gasteiger partial charge in [0, 0.05) is 14.2 Å². The third kappa shape index (κ3) is 38.0. The number of benzene rings is 1. The molecule has 60 heavy (non-hydrogen) atoms. The molecule has 0 aliphatic heterocycles. The van der Waals surface area contributed by atoms with E-state index in [9.17, 15) is 9.59 Å². The second-order valence-electron chi connectivity index (χ2n) is 12.0. The number of hydrogen-bond donors (Lipinski definition) is 0. The number of methoxy groups -OCH3 is 2. The number of carbonyl (C=O) groups excluding carboxylic acids is 2. The minimum Gasteiger partial charge on any atom is -0.459 e. The molecule has 0 aliphatic rings. The van der Waals surface area contributed by atoms with Gasteiger partial charge < -0.3 is 75.8 Å². The Morgan fingerprint density at radius 2 is 0.617 bits per heavy atom. The van der Waals surface area contributed by atoms with Crippen LogP contribution < -0.4 is 0 Å². The highest BCUT2D eigenvalue weighted by Crippen LogP contribution is 2.06. The van der Waals surface area contributed by atoms with Gasteiger partial charge in [-0.3, -0.25) is 0 Å². The van der Waals surface area contributed by atoms with Gasteiger partial charge in [0.2, 0.25) is 0 Å². The first-order valence-corrected chi connectivity index (χ1v) is 20.4. The second-order valence-corrected chi connectivity index (χ2v) is 12.0. The molecule has 0 amide bonds. The molecule has 0 aromatic heterocycles. The summed E-state index contributed by atoms with van der Waals surface area (Å²) < 4.78 is 85.6. The van der Waals surface area contributed by atoms with Crippen LogP contribution in [0.15, 0.2) is 48.1 Å². The zero-order valence-electron chi connectivity index (χ0n) is 35.8. The molecule has 18 nitrogen and oxygen atoms in total. The van der Waals surface area contributed by atoms with Crippen molar-refractivity contribution >= 4 is 18.0 Å². The summed E-state index contributed by atoms with van der Waals surface area (Å²) in [5.41, 5.74) is 0.634. The van der Waals surface area contributed by atoms with Gasteiger partial charge in [0.05, 0.1) is 172 Å². The molecule has 0 atom stereocenters. The number of rotatable bonds is 46. The molecule has 1 aromatic rings. The van der Waals surface area contributed by atoms with Crippen LogP contribution >= 0.6 is 0 Å². The molecule has 0 N–H and O–H groups in total. The largest absolute Gasteiger partial charge is 0.459 e. The molecular formula is C42H70O18. The van der Waals surface area contributed by atoms with Gasteiger partial charge in [-0.25, -0.2) is 9.59 Å². The molecule has 0 saturated carbocycles. The predicted octanol–water partition coefficient (Wildman–Crippen LogP) is 2.20. The van der Waals surface area contributed by atoms with Crippen LogP contribution in [0, 0.1) is 0 Å². The summed E-state index contributed by atoms with van der Waals surface area (Å²) in [6.07, 6.45) is 4.71. The summed E-state index contributed by atoms with van der Waals surface area (Å²) in [4.78, 5) is 25.7. The van der Waals surface area contributed by atoms with Crippen molar-refractivity contribution < 1.29 is 85.4 Å². The molecule has 0 radical (unpaired) electrons. The zero-order chi connectivity index (χ0) is 43.1. The molecule has 0 saturated heterocycles. The van der Waals surface area contributed by atoms with Crippen molar-refractivity contribution in [2.75, 3.05) is 199 Å². The Hall–Kier alpha value is -2.92. The van der Waals surface area contributed by atoms with E-state index in [4.69, 9.17) is 75.8 Å². The molecular weight excluding hydrogens is 792 g/mol. The lowest BCUT2D eigenvalue weighted by Gasteiger charge is -2.10. The summed E-state index contributed by atoms with van der Waals surface area (Å²) in [6, 6.07) is 9.44. The third-order valence-corrected chi connectivity index (χ3v) is 7.30. The van der Waals surface area contributed by atoms with Gasteiger partial charge in [-0.15, -0.1) is 0 Å². The number of carbonyl (C=O) groups is 2. The fraction of sp³-hybridized carbons (Fsp3) is 0.714. The number of hydrogen-bond acceptors (Lipinski definition) is 18. The fourth-order valence-electron chi connectivity index (χ4n) is 4.27. The van der Waals surface area contributed by atoms with Crippen LogP contribution in [0.1, 0.15) is 5.56 Å². The first kappa shape index (κ1) is 55.1. The van der Waals surface area contributed by atoms with Gasteiger partial charge in [-0.1, -0.05) is 42.5 Å². The molecule has 346 valence electrons. The minimum atomic E-state index is -0.831. The van der Waals surface area contributed by atoms with E-state index < -0.39 is 11.9 Å². The maximum absolute atomic E-state index is 12.8. The Morgan fingerprint density at radius 3 is 0.883 bits per heavy atom. The SMILES string of the molecule is COCCOCCOCCOCCOCCOCCOCCOC(=O)C(=C/C=C/c1ccccc1)C(=O)OCCOCCOCCOCCOCCOCCOCCOC. The van der Waals surface area contributed by atoms with Crippen LogP contribution in [0.3, 0.4) is 0 Å². The molecule has 1 aromatic carbocycles. The lowest BCUT2D eigenvalue weighted by Crippen LogP contribution is -2.22. The average molecular weight is 863 g/mol. The van der Waals surface area contributed by atoms with Crippen molar-refractivity contribution in [1.82, 2.24) is 0 Å². The van der Waals surface area contributed by atoms with Gasteiger partial charge in [-0.2, -0.15) is 0 Å². The average Bonchev–Trinajstić information content (AvgIpc) is 3.26. The third-order valence-electron chi connectivity index (χ3n) is 7.30. The van der Waals surface area contributed by atoms with Crippen molar-refractivity contribution in [2.45, 2.75) is 0 Å². The van der Waals surface area contributed by atoms with Crippen LogP contribution in [0.5, 0.6) is 0 Å². The second kappa shape index (κ2) is 45.6. The molecule has 0 bridgehead atoms. The molecule has 0 unspecified atom stereocenters. The van der Waals surface area contributed by atoms with E-state index >= 15 is 0 Å². The van der Waals surface area contributed by atoms with E-state index in [2.05, 4.69) is 0 Å². The van der Waals surface area contributed by atoms with Crippen molar-refractivity contribution in [3.8, 4) is 0 Å². The van der Waals surface area contributed by atoms with E-state index in [1.54, 1.807) is 26.4 Å². The van der Waals surface area contributed by atoms with Gasteiger partial charge in [0.15, 0.2) is 0 Å². The van der Waals surface area contributed by atoms with E-state index in [0.29, 0.717) is 159 Å². The van der Waals surface area contributed by atoms with Crippen LogP contribution in [-0.4, -0.2) is 211 Å². The molecule has 0 fully saturated rings. The summed E-state index contributed by atoms with van der Waals surface area (Å²) in [5.74, 6) is -1.66. The molecule has 0 heterocycles. The standard InChI is InChI=1S/C42H70O18/c1-45-11-13-47-15-17-49-19-21-51-23-25-53-27-29-55-31-33-57-35-37-59-41(43)40(10-6-9-39-7-4-3-5-8-39)42(44)60-38-36-58-34-32-56-30-28-54-26-24-52-22-20-50-18-16-48-14-12-46-2/h3-10H,11-38H2,1-2H3/b9-6+. The number of allylic oxidation sites excluding steroid dienone is 2. The van der Waals surface area contributed by atoms with Crippen molar-refractivity contribution in [1.29, 1.82) is 0 Å². The Bertz CT molecular complexity index is 1080. The van der Waals surface area contributed by atoms with Crippen molar-refractivity contribution in [3.63, 3.8) is 0 Å². The minimum absolute atomic E-state index is 0.0629. The lowest BCUT2D eigenvalue weighted by atomic mass is 10.2. The van der Waals surface area contributed by atoms with Crippen LogP contribution in [-0.2, 0) is 85.4 Å². The van der Waals surface area contributed by atoms with E-state index in [1.165, 1.54) is 6.08 Å². The van der Waals surface area contributed by atoms with E-state index in [1.807, 2.05) is 30.3 Å². The highest BCUT2D eigenvalue weighted by atomic mass is 16.6. The maximum atomic E-state index is 12.8. The molecule has 18 heteroatoms. The van der Waals surface area contributed by atoms with Gasteiger partial charge in [0.1, 0.15) is 18.8 Å². The molecule has 1 rings (SSSR count). The van der Waals surface area contributed by atoms with Crippen LogP contribution in [0.4, 0.5) is 0 Å². The highest BCUT2D eigenvalue weighted by Gasteiger charge is 2.21. The topological polar surface area (TPSA) is 182 Å². The number of ether oxygens (including phenoxy) is 16. The highest BCUT2D eigenvalue weighted by molar-refractivity contribution is 6.14. The quantitative estimate of drug-likeness (QED) is 0.0232. The summed E-state index contributed by atoms with van der Waals surface area (Å²) in [6.45, 7) is 11.1. The lowest BCUT2D eigenvalue weighted by molar-refractivity contribution is -0.149. The Kier molecular flexibility index (Phi) is 41.9. The van der Waals surface area contributed by atoms with Crippen LogP contribution in [0.25, 0.3) is 6.08 Å². The molecule has 0 aliphatic carbocycles. The van der Waals surface area contributed by atoms with Gasteiger partial charge in [0.25, 0.3) is 0 Å². The molecule has 0 spiro atoms. The Morgan fingerprint density at radius 1 is 0.367 bits per heavy atom. The normalized spacial score (nSPS) is 11.4. The first-order valence-electron chi connectivity index (χ1n) is 20.4. The fourth-order valence-corrected chi connectivity index (χ4v) is 4.27. The van der Waals surface area contributed by atoms with Gasteiger partial charge >= 0.3 is 11.9 Å².